The highest BCUT2D eigenvalue weighted by atomic mass is 32.1. The molecule has 0 saturated heterocycles. The van der Waals surface area contributed by atoms with Crippen LogP contribution in [0.4, 0.5) is 5.13 Å². The third kappa shape index (κ3) is 4.69. The molecule has 5 nitrogen and oxygen atoms in total. The van der Waals surface area contributed by atoms with Gasteiger partial charge in [0, 0.05) is 16.8 Å². The molecule has 2 aliphatic rings. The molecule has 1 aromatic heterocycles. The molecule has 154 valence electrons. The van der Waals surface area contributed by atoms with Gasteiger partial charge in [-0.3, -0.25) is 9.59 Å². The first-order valence-corrected chi connectivity index (χ1v) is 11.4. The van der Waals surface area contributed by atoms with Crippen molar-refractivity contribution in [1.82, 2.24) is 9.88 Å². The summed E-state index contributed by atoms with van der Waals surface area (Å²) in [4.78, 5) is 33.5. The Balaban J connectivity index is 1.44. The number of thiazole rings is 1. The van der Waals surface area contributed by atoms with Gasteiger partial charge >= 0.3 is 0 Å². The Hall–Kier alpha value is -2.21. The lowest BCUT2D eigenvalue weighted by atomic mass is 9.93. The van der Waals surface area contributed by atoms with E-state index in [-0.39, 0.29) is 30.3 Å². The van der Waals surface area contributed by atoms with Gasteiger partial charge in [0.15, 0.2) is 5.13 Å². The normalized spacial score (nSPS) is 21.6. The van der Waals surface area contributed by atoms with Crippen molar-refractivity contribution in [2.24, 2.45) is 5.92 Å². The second-order valence-electron chi connectivity index (χ2n) is 8.33. The molecule has 6 heteroatoms. The maximum Gasteiger partial charge on any atom is 0.245 e. The Labute approximate surface area is 176 Å². The molecule has 2 unspecified atom stereocenters. The summed E-state index contributed by atoms with van der Waals surface area (Å²) in [5, 5.41) is 3.52. The van der Waals surface area contributed by atoms with Crippen molar-refractivity contribution in [2.45, 2.75) is 64.3 Å². The quantitative estimate of drug-likeness (QED) is 0.752. The SMILES string of the molecule is Cc1nc(NC(=O)CN(C(=O)C2CC2c2ccccc2)C2CCCCC2)sc1C. The fourth-order valence-corrected chi connectivity index (χ4v) is 5.20. The summed E-state index contributed by atoms with van der Waals surface area (Å²) in [6.07, 6.45) is 6.37. The number of rotatable bonds is 6. The van der Waals surface area contributed by atoms with Gasteiger partial charge in [0.25, 0.3) is 0 Å². The molecule has 0 radical (unpaired) electrons. The van der Waals surface area contributed by atoms with Crippen LogP contribution in [-0.2, 0) is 9.59 Å². The molecule has 2 aromatic rings. The van der Waals surface area contributed by atoms with E-state index in [1.165, 1.54) is 23.3 Å². The van der Waals surface area contributed by atoms with Gasteiger partial charge in [-0.1, -0.05) is 49.6 Å². The maximum absolute atomic E-state index is 13.4. The van der Waals surface area contributed by atoms with Crippen molar-refractivity contribution in [2.75, 3.05) is 11.9 Å². The third-order valence-electron chi connectivity index (χ3n) is 6.22. The molecule has 2 atom stereocenters. The number of benzene rings is 1. The van der Waals surface area contributed by atoms with E-state index in [1.54, 1.807) is 0 Å². The van der Waals surface area contributed by atoms with Crippen LogP contribution in [0.15, 0.2) is 30.3 Å². The lowest BCUT2D eigenvalue weighted by Crippen LogP contribution is -2.46. The second kappa shape index (κ2) is 8.66. The number of carbonyl (C=O) groups excluding carboxylic acids is 2. The van der Waals surface area contributed by atoms with Crippen LogP contribution in [0, 0.1) is 19.8 Å². The highest BCUT2D eigenvalue weighted by Gasteiger charge is 2.47. The molecule has 0 spiro atoms. The number of hydrogen-bond donors (Lipinski definition) is 1. The van der Waals surface area contributed by atoms with E-state index in [9.17, 15) is 9.59 Å². The number of hydrogen-bond acceptors (Lipinski definition) is 4. The van der Waals surface area contributed by atoms with Gasteiger partial charge in [0.2, 0.25) is 11.8 Å². The first kappa shape index (κ1) is 20.1. The van der Waals surface area contributed by atoms with Crippen molar-refractivity contribution in [3.05, 3.63) is 46.5 Å². The lowest BCUT2D eigenvalue weighted by Gasteiger charge is -2.34. The van der Waals surface area contributed by atoms with Crippen molar-refractivity contribution in [3.63, 3.8) is 0 Å². The summed E-state index contributed by atoms with van der Waals surface area (Å²) in [5.41, 5.74) is 2.17. The van der Waals surface area contributed by atoms with Crippen LogP contribution in [0.1, 0.15) is 60.6 Å². The highest BCUT2D eigenvalue weighted by Crippen LogP contribution is 2.49. The van der Waals surface area contributed by atoms with Gasteiger partial charge in [-0.05, 0) is 44.6 Å². The molecule has 2 saturated carbocycles. The van der Waals surface area contributed by atoms with E-state index in [0.717, 1.165) is 42.7 Å². The smallest absolute Gasteiger partial charge is 0.245 e. The van der Waals surface area contributed by atoms with Crippen molar-refractivity contribution < 1.29 is 9.59 Å². The number of anilines is 1. The average Bonchev–Trinajstić information content (AvgIpc) is 3.47. The molecule has 1 N–H and O–H groups in total. The molecule has 2 fully saturated rings. The van der Waals surface area contributed by atoms with Crippen LogP contribution >= 0.6 is 11.3 Å². The van der Waals surface area contributed by atoms with Gasteiger partial charge in [-0.15, -0.1) is 11.3 Å². The molecule has 2 amide bonds. The van der Waals surface area contributed by atoms with Crippen LogP contribution in [0.25, 0.3) is 0 Å². The first-order valence-electron chi connectivity index (χ1n) is 10.6. The molecule has 29 heavy (non-hydrogen) atoms. The fraction of sp³-hybridized carbons (Fsp3) is 0.522. The Kier molecular flexibility index (Phi) is 5.99. The predicted octanol–water partition coefficient (Wildman–Crippen LogP) is 4.66. The number of carbonyl (C=O) groups is 2. The standard InChI is InChI=1S/C23H29N3O2S/c1-15-16(2)29-23(24-15)25-21(27)14-26(18-11-7-4-8-12-18)22(28)20-13-19(20)17-9-5-3-6-10-17/h3,5-6,9-10,18-20H,4,7-8,11-14H2,1-2H3,(H,24,25,27). The zero-order chi connectivity index (χ0) is 20.4. The number of aromatic nitrogens is 1. The molecular formula is C23H29N3O2S. The van der Waals surface area contributed by atoms with Gasteiger partial charge in [-0.25, -0.2) is 4.98 Å². The monoisotopic (exact) mass is 411 g/mol. The summed E-state index contributed by atoms with van der Waals surface area (Å²) in [7, 11) is 0. The van der Waals surface area contributed by atoms with Crippen LogP contribution in [0.5, 0.6) is 0 Å². The van der Waals surface area contributed by atoms with Crippen LogP contribution < -0.4 is 5.32 Å². The lowest BCUT2D eigenvalue weighted by molar-refractivity contribution is -0.139. The molecule has 0 aliphatic heterocycles. The summed E-state index contributed by atoms with van der Waals surface area (Å²) < 4.78 is 0. The van der Waals surface area contributed by atoms with E-state index >= 15 is 0 Å². The summed E-state index contributed by atoms with van der Waals surface area (Å²) in [6, 6.07) is 10.4. The zero-order valence-electron chi connectivity index (χ0n) is 17.2. The number of aryl methyl sites for hydroxylation is 2. The van der Waals surface area contributed by atoms with Crippen LogP contribution in [0.2, 0.25) is 0 Å². The van der Waals surface area contributed by atoms with E-state index in [1.807, 2.05) is 36.9 Å². The fourth-order valence-electron chi connectivity index (χ4n) is 4.37. The number of nitrogens with zero attached hydrogens (tertiary/aromatic N) is 2. The number of nitrogens with one attached hydrogen (secondary N) is 1. The minimum absolute atomic E-state index is 0.0106. The van der Waals surface area contributed by atoms with Gasteiger partial charge < -0.3 is 10.2 Å². The summed E-state index contributed by atoms with van der Waals surface area (Å²) >= 11 is 1.48. The van der Waals surface area contributed by atoms with E-state index < -0.39 is 0 Å². The van der Waals surface area contributed by atoms with Crippen LogP contribution in [-0.4, -0.2) is 34.3 Å². The minimum atomic E-state index is -0.144. The molecule has 4 rings (SSSR count). The first-order chi connectivity index (χ1) is 14.0. The van der Waals surface area contributed by atoms with Gasteiger partial charge in [0.1, 0.15) is 6.54 Å². The maximum atomic E-state index is 13.4. The largest absolute Gasteiger partial charge is 0.330 e. The predicted molar refractivity (Wildman–Crippen MR) is 116 cm³/mol. The Morgan fingerprint density at radius 1 is 1.14 bits per heavy atom. The summed E-state index contributed by atoms with van der Waals surface area (Å²) in [5.74, 6) is 0.306. The van der Waals surface area contributed by atoms with Crippen molar-refractivity contribution >= 4 is 28.3 Å². The van der Waals surface area contributed by atoms with E-state index in [4.69, 9.17) is 0 Å². The average molecular weight is 412 g/mol. The highest BCUT2D eigenvalue weighted by molar-refractivity contribution is 7.15. The van der Waals surface area contributed by atoms with Gasteiger partial charge in [-0.2, -0.15) is 0 Å². The van der Waals surface area contributed by atoms with E-state index in [2.05, 4.69) is 22.4 Å². The Morgan fingerprint density at radius 2 is 1.86 bits per heavy atom. The third-order valence-corrected chi connectivity index (χ3v) is 7.21. The molecular weight excluding hydrogens is 382 g/mol. The zero-order valence-corrected chi connectivity index (χ0v) is 18.0. The molecule has 2 aliphatic carbocycles. The van der Waals surface area contributed by atoms with Crippen molar-refractivity contribution in [1.29, 1.82) is 0 Å². The van der Waals surface area contributed by atoms with E-state index in [0.29, 0.717) is 11.0 Å². The van der Waals surface area contributed by atoms with Crippen molar-refractivity contribution in [3.8, 4) is 0 Å². The van der Waals surface area contributed by atoms with Crippen LogP contribution in [0.3, 0.4) is 0 Å². The van der Waals surface area contributed by atoms with Gasteiger partial charge in [0.05, 0.1) is 5.69 Å². The molecule has 1 heterocycles. The topological polar surface area (TPSA) is 62.3 Å². The minimum Gasteiger partial charge on any atom is -0.330 e. The summed E-state index contributed by atoms with van der Waals surface area (Å²) in [6.45, 7) is 4.06. The number of amides is 2. The second-order valence-corrected chi connectivity index (χ2v) is 9.53. The molecule has 0 bridgehead atoms. The Morgan fingerprint density at radius 3 is 2.52 bits per heavy atom. The molecule has 1 aromatic carbocycles. The Bertz CT molecular complexity index is 854.